The molecule has 1 N–H and O–H groups in total. The van der Waals surface area contributed by atoms with Crippen molar-refractivity contribution in [1.29, 1.82) is 0 Å². The molecule has 0 aromatic heterocycles. The van der Waals surface area contributed by atoms with Gasteiger partial charge in [-0.1, -0.05) is 77.0 Å². The summed E-state index contributed by atoms with van der Waals surface area (Å²) in [5.74, 6) is 1.56. The van der Waals surface area contributed by atoms with E-state index >= 15 is 0 Å². The number of halogens is 1. The second-order valence-corrected chi connectivity index (χ2v) is 12.5. The first-order chi connectivity index (χ1) is 19.4. The van der Waals surface area contributed by atoms with Gasteiger partial charge in [0.15, 0.2) is 0 Å². The normalized spacial score (nSPS) is 22.2. The minimum atomic E-state index is -0.724. The minimum absolute atomic E-state index is 0.0629. The SMILES string of the molecule is CCCCN1C(=O)C(CC2CCCCC2)NC(=O)C12CCN(Cc1ccc(OCCN(CC)CC)cc1Cl)CC2. The van der Waals surface area contributed by atoms with Gasteiger partial charge in [-0.2, -0.15) is 0 Å². The van der Waals surface area contributed by atoms with Crippen LogP contribution in [0.4, 0.5) is 0 Å². The van der Waals surface area contributed by atoms with Crippen molar-refractivity contribution >= 4 is 23.4 Å². The molecule has 40 heavy (non-hydrogen) atoms. The van der Waals surface area contributed by atoms with E-state index in [4.69, 9.17) is 16.3 Å². The fourth-order valence-electron chi connectivity index (χ4n) is 6.83. The minimum Gasteiger partial charge on any atom is -0.492 e. The summed E-state index contributed by atoms with van der Waals surface area (Å²) in [6.45, 7) is 13.0. The van der Waals surface area contributed by atoms with E-state index in [1.807, 2.05) is 17.0 Å². The van der Waals surface area contributed by atoms with Gasteiger partial charge in [0.2, 0.25) is 11.8 Å². The maximum Gasteiger partial charge on any atom is 0.246 e. The van der Waals surface area contributed by atoms with Crippen LogP contribution in [0.25, 0.3) is 0 Å². The number of hydrogen-bond donors (Lipinski definition) is 1. The van der Waals surface area contributed by atoms with Crippen molar-refractivity contribution in [1.82, 2.24) is 20.0 Å². The van der Waals surface area contributed by atoms with Crippen LogP contribution in [0, 0.1) is 5.92 Å². The number of likely N-dealkylation sites (N-methyl/N-ethyl adjacent to an activating group) is 1. The third-order valence-electron chi connectivity index (χ3n) is 9.51. The maximum atomic E-state index is 13.8. The van der Waals surface area contributed by atoms with Crippen molar-refractivity contribution in [3.63, 3.8) is 0 Å². The molecule has 2 heterocycles. The van der Waals surface area contributed by atoms with Gasteiger partial charge in [0.05, 0.1) is 0 Å². The Morgan fingerprint density at radius 3 is 2.45 bits per heavy atom. The predicted octanol–water partition coefficient (Wildman–Crippen LogP) is 5.49. The molecule has 1 spiro atoms. The number of piperazine rings is 1. The highest BCUT2D eigenvalue weighted by Crippen LogP contribution is 2.36. The highest BCUT2D eigenvalue weighted by Gasteiger charge is 2.53. The van der Waals surface area contributed by atoms with Gasteiger partial charge in [-0.3, -0.25) is 14.5 Å². The monoisotopic (exact) mass is 574 g/mol. The van der Waals surface area contributed by atoms with Gasteiger partial charge < -0.3 is 19.9 Å². The number of rotatable bonds is 13. The molecule has 3 aliphatic rings. The summed E-state index contributed by atoms with van der Waals surface area (Å²) in [5.41, 5.74) is 0.339. The number of hydrogen-bond acceptors (Lipinski definition) is 5. The zero-order valence-corrected chi connectivity index (χ0v) is 25.8. The van der Waals surface area contributed by atoms with Crippen LogP contribution >= 0.6 is 11.6 Å². The van der Waals surface area contributed by atoms with Gasteiger partial charge in [-0.05, 0) is 62.4 Å². The Bertz CT molecular complexity index is 971. The molecular formula is C32H51ClN4O3. The van der Waals surface area contributed by atoms with Gasteiger partial charge in [0, 0.05) is 37.7 Å². The highest BCUT2D eigenvalue weighted by atomic mass is 35.5. The summed E-state index contributed by atoms with van der Waals surface area (Å²) in [5, 5.41) is 3.91. The smallest absolute Gasteiger partial charge is 0.246 e. The molecule has 1 saturated carbocycles. The van der Waals surface area contributed by atoms with Crippen molar-refractivity contribution in [3.8, 4) is 5.75 Å². The Balaban J connectivity index is 1.35. The fraction of sp³-hybridized carbons (Fsp3) is 0.750. The molecule has 1 unspecified atom stereocenters. The Labute approximate surface area is 246 Å². The number of amides is 2. The van der Waals surface area contributed by atoms with Crippen molar-refractivity contribution in [2.75, 3.05) is 45.9 Å². The molecule has 0 bridgehead atoms. The average molecular weight is 575 g/mol. The first-order valence-electron chi connectivity index (χ1n) is 15.9. The molecule has 1 aromatic rings. The Morgan fingerprint density at radius 1 is 1.07 bits per heavy atom. The number of ether oxygens (including phenoxy) is 1. The summed E-state index contributed by atoms with van der Waals surface area (Å²) in [4.78, 5) is 34.2. The lowest BCUT2D eigenvalue weighted by atomic mass is 9.79. The van der Waals surface area contributed by atoms with Crippen LogP contribution in [-0.2, 0) is 16.1 Å². The van der Waals surface area contributed by atoms with E-state index in [0.29, 0.717) is 36.9 Å². The topological polar surface area (TPSA) is 65.1 Å². The average Bonchev–Trinajstić information content (AvgIpc) is 2.97. The van der Waals surface area contributed by atoms with Crippen molar-refractivity contribution < 1.29 is 14.3 Å². The van der Waals surface area contributed by atoms with E-state index in [2.05, 4.69) is 42.0 Å². The number of benzene rings is 1. The van der Waals surface area contributed by atoms with E-state index in [0.717, 1.165) is 69.8 Å². The van der Waals surface area contributed by atoms with Crippen LogP contribution in [0.2, 0.25) is 5.02 Å². The highest BCUT2D eigenvalue weighted by molar-refractivity contribution is 6.31. The molecule has 224 valence electrons. The zero-order valence-electron chi connectivity index (χ0n) is 25.1. The third-order valence-corrected chi connectivity index (χ3v) is 9.86. The number of unbranched alkanes of at least 4 members (excludes halogenated alkanes) is 1. The lowest BCUT2D eigenvalue weighted by Gasteiger charge is -2.52. The molecular weight excluding hydrogens is 524 g/mol. The molecule has 0 radical (unpaired) electrons. The van der Waals surface area contributed by atoms with E-state index in [9.17, 15) is 9.59 Å². The van der Waals surface area contributed by atoms with Crippen molar-refractivity contribution in [2.45, 2.75) is 103 Å². The van der Waals surface area contributed by atoms with Gasteiger partial charge in [0.1, 0.15) is 23.9 Å². The van der Waals surface area contributed by atoms with E-state index in [1.54, 1.807) is 0 Å². The summed E-state index contributed by atoms with van der Waals surface area (Å²) >= 11 is 6.67. The standard InChI is InChI=1S/C32H51ClN4O3/c1-4-7-17-37-30(38)29(22-25-11-9-8-10-12-25)34-31(39)32(37)15-18-36(19-16-32)24-26-13-14-27(23-28(26)33)40-21-20-35(5-2)6-3/h13-14,23,25,29H,4-12,15-22,24H2,1-3H3,(H,34,39). The lowest BCUT2D eigenvalue weighted by Crippen LogP contribution is -2.73. The first-order valence-corrected chi connectivity index (χ1v) is 16.3. The third kappa shape index (κ3) is 7.51. The molecule has 4 rings (SSSR count). The summed E-state index contributed by atoms with van der Waals surface area (Å²) in [6.07, 6.45) is 10.2. The number of piperidine rings is 1. The molecule has 2 aliphatic heterocycles. The van der Waals surface area contributed by atoms with Crippen LogP contribution in [0.3, 0.4) is 0 Å². The number of carbonyl (C=O) groups is 2. The fourth-order valence-corrected chi connectivity index (χ4v) is 7.06. The molecule has 3 fully saturated rings. The second kappa shape index (κ2) is 14.9. The Morgan fingerprint density at radius 2 is 1.80 bits per heavy atom. The molecule has 2 amide bonds. The quantitative estimate of drug-likeness (QED) is 0.337. The van der Waals surface area contributed by atoms with E-state index in [1.165, 1.54) is 32.1 Å². The van der Waals surface area contributed by atoms with Crippen LogP contribution in [0.1, 0.15) is 90.5 Å². The zero-order chi connectivity index (χ0) is 28.5. The van der Waals surface area contributed by atoms with Crippen LogP contribution in [0.5, 0.6) is 5.75 Å². The van der Waals surface area contributed by atoms with E-state index < -0.39 is 5.54 Å². The molecule has 7 nitrogen and oxygen atoms in total. The van der Waals surface area contributed by atoms with Crippen molar-refractivity contribution in [2.24, 2.45) is 5.92 Å². The number of nitrogens with one attached hydrogen (secondary N) is 1. The maximum absolute atomic E-state index is 13.8. The van der Waals surface area contributed by atoms with Gasteiger partial charge in [0.25, 0.3) is 0 Å². The van der Waals surface area contributed by atoms with E-state index in [-0.39, 0.29) is 17.9 Å². The summed E-state index contributed by atoms with van der Waals surface area (Å²) < 4.78 is 5.94. The summed E-state index contributed by atoms with van der Waals surface area (Å²) in [7, 11) is 0. The van der Waals surface area contributed by atoms with Gasteiger partial charge >= 0.3 is 0 Å². The number of nitrogens with zero attached hydrogens (tertiary/aromatic N) is 3. The molecule has 1 aromatic carbocycles. The van der Waals surface area contributed by atoms with Gasteiger partial charge in [-0.25, -0.2) is 0 Å². The van der Waals surface area contributed by atoms with Crippen molar-refractivity contribution in [3.05, 3.63) is 28.8 Å². The number of likely N-dealkylation sites (tertiary alicyclic amines) is 1. The summed E-state index contributed by atoms with van der Waals surface area (Å²) in [6, 6.07) is 5.61. The first kappa shape index (κ1) is 31.1. The second-order valence-electron chi connectivity index (χ2n) is 12.0. The van der Waals surface area contributed by atoms with Gasteiger partial charge in [-0.15, -0.1) is 0 Å². The Hall–Kier alpha value is -1.83. The number of carbonyl (C=O) groups excluding carboxylic acids is 2. The van der Waals surface area contributed by atoms with Crippen LogP contribution in [0.15, 0.2) is 18.2 Å². The molecule has 1 atom stereocenters. The molecule has 2 saturated heterocycles. The molecule has 8 heteroatoms. The van der Waals surface area contributed by atoms with Crippen LogP contribution < -0.4 is 10.1 Å². The van der Waals surface area contributed by atoms with Crippen LogP contribution in [-0.4, -0.2) is 84.0 Å². The Kier molecular flexibility index (Phi) is 11.6. The largest absolute Gasteiger partial charge is 0.492 e. The predicted molar refractivity (Wildman–Crippen MR) is 162 cm³/mol. The molecule has 1 aliphatic carbocycles. The lowest BCUT2D eigenvalue weighted by molar-refractivity contribution is -0.162.